The largest absolute Gasteiger partial charge is 0.442 e. The molecule has 1 rings (SSSR count). The van der Waals surface area contributed by atoms with Crippen molar-refractivity contribution in [2.24, 2.45) is 0 Å². The summed E-state index contributed by atoms with van der Waals surface area (Å²) in [6.45, 7) is 3.00. The summed E-state index contributed by atoms with van der Waals surface area (Å²) >= 11 is 0. The molecular weight excluding hydrogens is 178 g/mol. The molecule has 0 aliphatic rings. The fraction of sp³-hybridized carbons (Fsp3) is 0.273. The van der Waals surface area contributed by atoms with Gasteiger partial charge in [-0.3, -0.25) is 9.78 Å². The van der Waals surface area contributed by atoms with Gasteiger partial charge >= 0.3 is 5.97 Å². The van der Waals surface area contributed by atoms with Crippen molar-refractivity contribution in [2.75, 3.05) is 0 Å². The molecule has 0 spiro atoms. The number of aromatic nitrogens is 1. The zero-order valence-electron chi connectivity index (χ0n) is 8.15. The Morgan fingerprint density at radius 1 is 1.57 bits per heavy atom. The molecule has 1 aromatic rings. The Bertz CT molecular complexity index is 367. The quantitative estimate of drug-likeness (QED) is 0.522. The normalized spacial score (nSPS) is 13.8. The number of terminal acetylenes is 1. The van der Waals surface area contributed by atoms with Crippen LogP contribution < -0.4 is 0 Å². The van der Waals surface area contributed by atoms with E-state index in [4.69, 9.17) is 11.2 Å². The number of hydrogen-bond donors (Lipinski definition) is 0. The molecule has 1 unspecified atom stereocenters. The van der Waals surface area contributed by atoms with Crippen LogP contribution in [0.5, 0.6) is 0 Å². The van der Waals surface area contributed by atoms with E-state index in [9.17, 15) is 4.79 Å². The molecule has 0 amide bonds. The summed E-state index contributed by atoms with van der Waals surface area (Å²) < 4.78 is 5.07. The second kappa shape index (κ2) is 3.93. The van der Waals surface area contributed by atoms with E-state index < -0.39 is 11.6 Å². The fourth-order valence-corrected chi connectivity index (χ4v) is 1.13. The Morgan fingerprint density at radius 2 is 2.14 bits per heavy atom. The molecule has 1 heterocycles. The van der Waals surface area contributed by atoms with Crippen LogP contribution in [-0.2, 0) is 15.1 Å². The smallest absolute Gasteiger partial charge is 0.304 e. The van der Waals surface area contributed by atoms with Crippen LogP contribution in [0.4, 0.5) is 0 Å². The maximum atomic E-state index is 10.9. The van der Waals surface area contributed by atoms with E-state index in [2.05, 4.69) is 10.9 Å². The Kier molecular flexibility index (Phi) is 2.88. The average Bonchev–Trinajstić information content (AvgIpc) is 2.18. The summed E-state index contributed by atoms with van der Waals surface area (Å²) in [4.78, 5) is 14.7. The molecule has 0 aliphatic carbocycles. The Balaban J connectivity index is 3.03. The molecule has 0 saturated carbocycles. The SMILES string of the molecule is C#CC(C)(OC(C)=O)c1ccncc1. The maximum Gasteiger partial charge on any atom is 0.304 e. The lowest BCUT2D eigenvalue weighted by atomic mass is 9.98. The van der Waals surface area contributed by atoms with Gasteiger partial charge in [-0.1, -0.05) is 5.92 Å². The monoisotopic (exact) mass is 189 g/mol. The minimum absolute atomic E-state index is 0.401. The number of ether oxygens (including phenoxy) is 1. The van der Waals surface area contributed by atoms with Gasteiger partial charge in [0.1, 0.15) is 0 Å². The second-order valence-electron chi connectivity index (χ2n) is 3.01. The van der Waals surface area contributed by atoms with Crippen LogP contribution >= 0.6 is 0 Å². The minimum Gasteiger partial charge on any atom is -0.442 e. The van der Waals surface area contributed by atoms with Crippen molar-refractivity contribution in [2.45, 2.75) is 19.4 Å². The van der Waals surface area contributed by atoms with Gasteiger partial charge in [-0.2, -0.15) is 0 Å². The Labute approximate surface area is 83.1 Å². The summed E-state index contributed by atoms with van der Waals surface area (Å²) in [7, 11) is 0. The highest BCUT2D eigenvalue weighted by molar-refractivity contribution is 5.67. The molecule has 0 bridgehead atoms. The summed E-state index contributed by atoms with van der Waals surface area (Å²) in [5.41, 5.74) is -0.264. The molecule has 3 nitrogen and oxygen atoms in total. The summed E-state index contributed by atoms with van der Waals surface area (Å²) in [5, 5.41) is 0. The van der Waals surface area contributed by atoms with Crippen LogP contribution in [0.3, 0.4) is 0 Å². The maximum absolute atomic E-state index is 10.9. The second-order valence-corrected chi connectivity index (χ2v) is 3.01. The fourth-order valence-electron chi connectivity index (χ4n) is 1.13. The van der Waals surface area contributed by atoms with Crippen molar-refractivity contribution in [3.63, 3.8) is 0 Å². The van der Waals surface area contributed by atoms with Gasteiger partial charge in [0, 0.05) is 24.9 Å². The van der Waals surface area contributed by atoms with E-state index in [0.717, 1.165) is 5.56 Å². The summed E-state index contributed by atoms with van der Waals surface area (Å²) in [5.74, 6) is 2.05. The van der Waals surface area contributed by atoms with Crippen molar-refractivity contribution in [3.8, 4) is 12.3 Å². The van der Waals surface area contributed by atoms with Crippen molar-refractivity contribution in [1.29, 1.82) is 0 Å². The standard InChI is InChI=1S/C11H11NO2/c1-4-11(3,14-9(2)13)10-5-7-12-8-6-10/h1,5-8H,2-3H3. The van der Waals surface area contributed by atoms with Crippen molar-refractivity contribution < 1.29 is 9.53 Å². The number of carbonyl (C=O) groups excluding carboxylic acids is 1. The van der Waals surface area contributed by atoms with E-state index in [1.165, 1.54) is 6.92 Å². The highest BCUT2D eigenvalue weighted by Gasteiger charge is 2.26. The number of pyridine rings is 1. The molecule has 1 aromatic heterocycles. The van der Waals surface area contributed by atoms with Crippen LogP contribution in [0.2, 0.25) is 0 Å². The first-order valence-electron chi connectivity index (χ1n) is 4.16. The number of rotatable bonds is 2. The molecule has 1 atom stereocenters. The highest BCUT2D eigenvalue weighted by atomic mass is 16.6. The minimum atomic E-state index is -1.01. The van der Waals surface area contributed by atoms with E-state index >= 15 is 0 Å². The summed E-state index contributed by atoms with van der Waals surface area (Å²) in [6.07, 6.45) is 8.55. The van der Waals surface area contributed by atoms with Gasteiger partial charge in [0.05, 0.1) is 0 Å². The molecule has 3 heteroatoms. The van der Waals surface area contributed by atoms with Gasteiger partial charge in [0.15, 0.2) is 5.60 Å². The van der Waals surface area contributed by atoms with E-state index in [1.54, 1.807) is 31.5 Å². The molecule has 72 valence electrons. The van der Waals surface area contributed by atoms with E-state index in [-0.39, 0.29) is 0 Å². The van der Waals surface area contributed by atoms with Crippen LogP contribution in [0, 0.1) is 12.3 Å². The topological polar surface area (TPSA) is 39.2 Å². The lowest BCUT2D eigenvalue weighted by Gasteiger charge is -2.23. The number of hydrogen-bond acceptors (Lipinski definition) is 3. The molecule has 0 fully saturated rings. The molecule has 0 aliphatic heterocycles. The lowest BCUT2D eigenvalue weighted by Crippen LogP contribution is -2.26. The van der Waals surface area contributed by atoms with Gasteiger partial charge in [0.25, 0.3) is 0 Å². The molecule has 14 heavy (non-hydrogen) atoms. The first-order chi connectivity index (χ1) is 6.58. The van der Waals surface area contributed by atoms with Crippen LogP contribution in [0.25, 0.3) is 0 Å². The first kappa shape index (κ1) is 10.3. The van der Waals surface area contributed by atoms with Crippen LogP contribution in [0.15, 0.2) is 24.5 Å². The molecule has 0 saturated heterocycles. The summed E-state index contributed by atoms with van der Waals surface area (Å²) in [6, 6.07) is 3.45. The third-order valence-electron chi connectivity index (χ3n) is 1.85. The number of esters is 1. The van der Waals surface area contributed by atoms with Crippen molar-refractivity contribution in [3.05, 3.63) is 30.1 Å². The van der Waals surface area contributed by atoms with Crippen molar-refractivity contribution >= 4 is 5.97 Å². The zero-order valence-corrected chi connectivity index (χ0v) is 8.15. The lowest BCUT2D eigenvalue weighted by molar-refractivity contribution is -0.151. The van der Waals surface area contributed by atoms with E-state index in [0.29, 0.717) is 0 Å². The highest BCUT2D eigenvalue weighted by Crippen LogP contribution is 2.23. The van der Waals surface area contributed by atoms with Crippen LogP contribution in [0.1, 0.15) is 19.4 Å². The molecule has 0 aromatic carbocycles. The van der Waals surface area contributed by atoms with Gasteiger partial charge in [-0.15, -0.1) is 6.42 Å². The van der Waals surface area contributed by atoms with Crippen LogP contribution in [-0.4, -0.2) is 11.0 Å². The van der Waals surface area contributed by atoms with Gasteiger partial charge in [-0.05, 0) is 19.1 Å². The Morgan fingerprint density at radius 3 is 2.57 bits per heavy atom. The Hall–Kier alpha value is -1.82. The van der Waals surface area contributed by atoms with Crippen molar-refractivity contribution in [1.82, 2.24) is 4.98 Å². The molecule has 0 radical (unpaired) electrons. The van der Waals surface area contributed by atoms with Gasteiger partial charge in [0.2, 0.25) is 0 Å². The average molecular weight is 189 g/mol. The predicted octanol–water partition coefficient (Wildman–Crippen LogP) is 1.49. The van der Waals surface area contributed by atoms with Gasteiger partial charge < -0.3 is 4.74 Å². The molecular formula is C11H11NO2. The van der Waals surface area contributed by atoms with Gasteiger partial charge in [-0.25, -0.2) is 0 Å². The zero-order chi connectivity index (χ0) is 10.6. The first-order valence-corrected chi connectivity index (χ1v) is 4.16. The van der Waals surface area contributed by atoms with E-state index in [1.807, 2.05) is 0 Å². The number of carbonyl (C=O) groups is 1. The predicted molar refractivity (Wildman–Crippen MR) is 52.2 cm³/mol. The third kappa shape index (κ3) is 2.11. The third-order valence-corrected chi connectivity index (χ3v) is 1.85. The molecule has 0 N–H and O–H groups in total. The number of nitrogens with zero attached hydrogens (tertiary/aromatic N) is 1.